The van der Waals surface area contributed by atoms with E-state index in [4.69, 9.17) is 14.2 Å². The first-order valence-corrected chi connectivity index (χ1v) is 10.1. The summed E-state index contributed by atoms with van der Waals surface area (Å²) in [5, 5.41) is 11.8. The maximum atomic E-state index is 12.6. The number of alkyl carbamates (subject to hydrolysis) is 1. The lowest BCUT2D eigenvalue weighted by molar-refractivity contribution is -0.155. The number of carbonyl (C=O) groups excluding carboxylic acids is 3. The summed E-state index contributed by atoms with van der Waals surface area (Å²) in [5.74, 6) is -1.43. The predicted octanol–water partition coefficient (Wildman–Crippen LogP) is 1.35. The van der Waals surface area contributed by atoms with Gasteiger partial charge in [-0.2, -0.15) is 0 Å². The van der Waals surface area contributed by atoms with E-state index in [1.165, 1.54) is 13.8 Å². The highest BCUT2D eigenvalue weighted by Gasteiger charge is 2.42. The quantitative estimate of drug-likeness (QED) is 0.586. The van der Waals surface area contributed by atoms with Gasteiger partial charge in [0, 0.05) is 13.1 Å². The van der Waals surface area contributed by atoms with Gasteiger partial charge in [-0.1, -0.05) is 6.07 Å². The number of nitrogens with zero attached hydrogens (tertiary/aromatic N) is 1. The number of nitrogens with one attached hydrogen (secondary N) is 1. The summed E-state index contributed by atoms with van der Waals surface area (Å²) in [6.45, 7) is 3.38. The number of likely N-dealkylation sites (tertiary alicyclic amines) is 1. The van der Waals surface area contributed by atoms with Crippen LogP contribution in [0.4, 0.5) is 4.79 Å². The highest BCUT2D eigenvalue weighted by atomic mass is 16.7. The Kier molecular flexibility index (Phi) is 6.67. The van der Waals surface area contributed by atoms with E-state index < -0.39 is 35.2 Å². The molecule has 3 rings (SSSR count). The second-order valence-corrected chi connectivity index (χ2v) is 8.15. The van der Waals surface area contributed by atoms with E-state index in [1.807, 2.05) is 12.1 Å². The average Bonchev–Trinajstić information content (AvgIpc) is 3.40. The summed E-state index contributed by atoms with van der Waals surface area (Å²) in [6.07, 6.45) is 0.673. The van der Waals surface area contributed by atoms with Gasteiger partial charge in [0.2, 0.25) is 12.6 Å². The number of carboxylic acid groups (broad SMARTS) is 1. The maximum absolute atomic E-state index is 12.6. The van der Waals surface area contributed by atoms with Crippen LogP contribution in [0.1, 0.15) is 32.3 Å². The molecule has 1 atom stereocenters. The number of carbonyl (C=O) groups is 4. The topological polar surface area (TPSA) is 131 Å². The minimum atomic E-state index is -1.28. The van der Waals surface area contributed by atoms with Crippen molar-refractivity contribution in [1.29, 1.82) is 0 Å². The lowest BCUT2D eigenvalue weighted by Gasteiger charge is -2.27. The van der Waals surface area contributed by atoms with Gasteiger partial charge in [-0.05, 0) is 50.8 Å². The van der Waals surface area contributed by atoms with E-state index in [2.05, 4.69) is 5.32 Å². The number of Topliss-reactive ketones (excluding diaryl/α,β-unsaturated/α-hetero) is 1. The Morgan fingerprint density at radius 1 is 1.23 bits per heavy atom. The van der Waals surface area contributed by atoms with E-state index >= 15 is 0 Å². The molecule has 1 saturated heterocycles. The molecule has 1 aromatic rings. The number of ether oxygens (including phenoxy) is 3. The predicted molar refractivity (Wildman–Crippen MR) is 107 cm³/mol. The Hall–Kier alpha value is -3.30. The van der Waals surface area contributed by atoms with Crippen molar-refractivity contribution >= 4 is 23.8 Å². The second kappa shape index (κ2) is 9.23. The van der Waals surface area contributed by atoms with Crippen LogP contribution >= 0.6 is 0 Å². The van der Waals surface area contributed by atoms with Gasteiger partial charge in [0.15, 0.2) is 11.5 Å². The summed E-state index contributed by atoms with van der Waals surface area (Å²) in [7, 11) is 0. The van der Waals surface area contributed by atoms with Crippen molar-refractivity contribution in [2.24, 2.45) is 5.41 Å². The average molecular weight is 434 g/mol. The zero-order chi connectivity index (χ0) is 22.6. The van der Waals surface area contributed by atoms with Crippen molar-refractivity contribution in [3.63, 3.8) is 0 Å². The van der Waals surface area contributed by atoms with E-state index in [1.54, 1.807) is 6.07 Å². The summed E-state index contributed by atoms with van der Waals surface area (Å²) in [4.78, 5) is 49.4. The number of aliphatic carboxylic acids is 1. The van der Waals surface area contributed by atoms with E-state index in [-0.39, 0.29) is 19.9 Å². The van der Waals surface area contributed by atoms with E-state index in [0.29, 0.717) is 37.3 Å². The molecule has 1 fully saturated rings. The summed E-state index contributed by atoms with van der Waals surface area (Å²) in [5.41, 5.74) is -0.332. The summed E-state index contributed by atoms with van der Waals surface area (Å²) in [6, 6.07) is 4.52. The number of benzene rings is 1. The molecule has 0 bridgehead atoms. The Morgan fingerprint density at radius 3 is 2.71 bits per heavy atom. The number of fused-ring (bicyclic) bond motifs is 1. The molecule has 0 spiro atoms. The Morgan fingerprint density at radius 2 is 1.97 bits per heavy atom. The monoisotopic (exact) mass is 434 g/mol. The van der Waals surface area contributed by atoms with Gasteiger partial charge in [0.1, 0.15) is 12.6 Å². The molecule has 0 aromatic heterocycles. The van der Waals surface area contributed by atoms with Gasteiger partial charge in [-0.15, -0.1) is 0 Å². The first-order chi connectivity index (χ1) is 14.7. The van der Waals surface area contributed by atoms with Crippen LogP contribution in [-0.4, -0.2) is 66.3 Å². The third-order valence-electron chi connectivity index (χ3n) is 5.29. The van der Waals surface area contributed by atoms with Crippen molar-refractivity contribution in [3.05, 3.63) is 23.8 Å². The third kappa shape index (κ3) is 5.25. The number of amides is 2. The van der Waals surface area contributed by atoms with Crippen molar-refractivity contribution < 1.29 is 38.5 Å². The fourth-order valence-corrected chi connectivity index (χ4v) is 3.45. The molecule has 2 aliphatic rings. The van der Waals surface area contributed by atoms with Gasteiger partial charge in [-0.25, -0.2) is 9.59 Å². The van der Waals surface area contributed by atoms with Crippen molar-refractivity contribution in [3.8, 4) is 11.5 Å². The summed E-state index contributed by atoms with van der Waals surface area (Å²) < 4.78 is 15.7. The molecule has 2 amide bonds. The maximum Gasteiger partial charge on any atom is 0.407 e. The van der Waals surface area contributed by atoms with Crippen LogP contribution in [0.25, 0.3) is 0 Å². The molecule has 2 N–H and O–H groups in total. The van der Waals surface area contributed by atoms with Crippen LogP contribution < -0.4 is 14.8 Å². The third-order valence-corrected chi connectivity index (χ3v) is 5.29. The van der Waals surface area contributed by atoms with Crippen LogP contribution in [0.3, 0.4) is 0 Å². The number of hydrogen-bond donors (Lipinski definition) is 2. The van der Waals surface area contributed by atoms with Crippen molar-refractivity contribution in [1.82, 2.24) is 10.2 Å². The second-order valence-electron chi connectivity index (χ2n) is 8.15. The fraction of sp³-hybridized carbons (Fsp3) is 0.524. The van der Waals surface area contributed by atoms with E-state index in [0.717, 1.165) is 10.5 Å². The summed E-state index contributed by atoms with van der Waals surface area (Å²) >= 11 is 0. The van der Waals surface area contributed by atoms with Crippen molar-refractivity contribution in [2.45, 2.75) is 39.2 Å². The minimum Gasteiger partial charge on any atom is -0.480 e. The normalized spacial score (nSPS) is 17.4. The van der Waals surface area contributed by atoms with Gasteiger partial charge < -0.3 is 29.5 Å². The van der Waals surface area contributed by atoms with Crippen LogP contribution in [0.2, 0.25) is 0 Å². The van der Waals surface area contributed by atoms with Gasteiger partial charge >= 0.3 is 12.1 Å². The fourth-order valence-electron chi connectivity index (χ4n) is 3.45. The first kappa shape index (κ1) is 22.4. The Balaban J connectivity index is 1.44. The smallest absolute Gasteiger partial charge is 0.407 e. The standard InChI is InChI=1S/C21H26N2O8/c1-21(2,17(24)18(25)23-9-3-4-14(23)19(26)27)11-29-20(28)22-8-7-13-5-6-15-16(10-13)31-12-30-15/h5-6,10,14H,3-4,7-9,11-12H2,1-2H3,(H,22,28)(H,26,27)/t14-/m0/s1. The molecule has 0 aliphatic carbocycles. The SMILES string of the molecule is CC(C)(COC(=O)NCCc1ccc2c(c1)OCO2)C(=O)C(=O)N1CCC[C@H]1C(=O)O. The minimum absolute atomic E-state index is 0.190. The van der Waals surface area contributed by atoms with Crippen LogP contribution in [-0.2, 0) is 25.5 Å². The molecule has 10 heteroatoms. The van der Waals surface area contributed by atoms with Crippen LogP contribution in [0.15, 0.2) is 18.2 Å². The molecule has 2 aliphatic heterocycles. The first-order valence-electron chi connectivity index (χ1n) is 10.1. The lowest BCUT2D eigenvalue weighted by Crippen LogP contribution is -2.49. The molecule has 1 aromatic carbocycles. The molecule has 168 valence electrons. The molecular formula is C21H26N2O8. The molecule has 0 unspecified atom stereocenters. The highest BCUT2D eigenvalue weighted by Crippen LogP contribution is 2.32. The molecular weight excluding hydrogens is 408 g/mol. The number of hydrogen-bond acceptors (Lipinski definition) is 7. The molecule has 2 heterocycles. The number of rotatable bonds is 8. The van der Waals surface area contributed by atoms with Gasteiger partial charge in [0.25, 0.3) is 5.91 Å². The number of carboxylic acids is 1. The zero-order valence-electron chi connectivity index (χ0n) is 17.5. The Bertz CT molecular complexity index is 882. The molecule has 10 nitrogen and oxygen atoms in total. The zero-order valence-corrected chi connectivity index (χ0v) is 17.5. The number of ketones is 1. The lowest BCUT2D eigenvalue weighted by atomic mass is 9.88. The largest absolute Gasteiger partial charge is 0.480 e. The van der Waals surface area contributed by atoms with Gasteiger partial charge in [0.05, 0.1) is 5.41 Å². The van der Waals surface area contributed by atoms with Crippen LogP contribution in [0.5, 0.6) is 11.5 Å². The molecule has 31 heavy (non-hydrogen) atoms. The van der Waals surface area contributed by atoms with Gasteiger partial charge in [-0.3, -0.25) is 9.59 Å². The van der Waals surface area contributed by atoms with Crippen molar-refractivity contribution in [2.75, 3.05) is 26.5 Å². The molecule has 0 saturated carbocycles. The Labute approximate surface area is 179 Å². The highest BCUT2D eigenvalue weighted by molar-refractivity contribution is 6.38. The van der Waals surface area contributed by atoms with E-state index in [9.17, 15) is 24.3 Å². The molecule has 0 radical (unpaired) electrons. The van der Waals surface area contributed by atoms with Crippen LogP contribution in [0, 0.1) is 5.41 Å².